The van der Waals surface area contributed by atoms with Crippen molar-refractivity contribution < 1.29 is 19.1 Å². The van der Waals surface area contributed by atoms with Crippen LogP contribution in [0.4, 0.5) is 0 Å². The molecular weight excluding hydrogens is 292 g/mol. The van der Waals surface area contributed by atoms with E-state index in [-0.39, 0.29) is 30.9 Å². The Morgan fingerprint density at radius 1 is 1.04 bits per heavy atom. The minimum atomic E-state index is -0.329. The molecule has 1 aliphatic carbocycles. The lowest BCUT2D eigenvalue weighted by Gasteiger charge is -2.35. The van der Waals surface area contributed by atoms with E-state index in [1.807, 2.05) is 6.92 Å². The van der Waals surface area contributed by atoms with Gasteiger partial charge in [0.25, 0.3) is 0 Å². The SMILES string of the molecule is CCOC(=O)CCC(=O)OC(C)C1CCCCC1CCC(C)C. The molecule has 3 atom stereocenters. The van der Waals surface area contributed by atoms with Gasteiger partial charge in [-0.25, -0.2) is 0 Å². The van der Waals surface area contributed by atoms with E-state index in [2.05, 4.69) is 13.8 Å². The van der Waals surface area contributed by atoms with E-state index < -0.39 is 0 Å². The average Bonchev–Trinajstić information content (AvgIpc) is 2.51. The summed E-state index contributed by atoms with van der Waals surface area (Å²) in [6.07, 6.45) is 7.57. The quantitative estimate of drug-likeness (QED) is 0.585. The van der Waals surface area contributed by atoms with Crippen LogP contribution in [0.15, 0.2) is 0 Å². The molecule has 1 fully saturated rings. The third kappa shape index (κ3) is 7.85. The predicted molar refractivity (Wildman–Crippen MR) is 90.9 cm³/mol. The second kappa shape index (κ2) is 10.7. The average molecular weight is 326 g/mol. The highest BCUT2D eigenvalue weighted by molar-refractivity contribution is 5.77. The number of hydrogen-bond acceptors (Lipinski definition) is 4. The van der Waals surface area contributed by atoms with Crippen LogP contribution in [0.1, 0.15) is 79.1 Å². The van der Waals surface area contributed by atoms with Gasteiger partial charge in [-0.2, -0.15) is 0 Å². The van der Waals surface area contributed by atoms with Crippen LogP contribution in [0.3, 0.4) is 0 Å². The van der Waals surface area contributed by atoms with E-state index in [0.717, 1.165) is 12.3 Å². The molecule has 0 spiro atoms. The van der Waals surface area contributed by atoms with Gasteiger partial charge in [-0.05, 0) is 44.4 Å². The molecule has 0 radical (unpaired) electrons. The zero-order valence-corrected chi connectivity index (χ0v) is 15.3. The smallest absolute Gasteiger partial charge is 0.306 e. The lowest BCUT2D eigenvalue weighted by atomic mass is 9.74. The molecule has 134 valence electrons. The van der Waals surface area contributed by atoms with Crippen LogP contribution in [0.5, 0.6) is 0 Å². The van der Waals surface area contributed by atoms with Gasteiger partial charge in [0.05, 0.1) is 19.4 Å². The lowest BCUT2D eigenvalue weighted by molar-refractivity contribution is -0.156. The van der Waals surface area contributed by atoms with Crippen molar-refractivity contribution in [1.29, 1.82) is 0 Å². The van der Waals surface area contributed by atoms with E-state index in [1.165, 1.54) is 32.1 Å². The molecule has 0 amide bonds. The Balaban J connectivity index is 2.41. The van der Waals surface area contributed by atoms with Crippen molar-refractivity contribution in [3.8, 4) is 0 Å². The van der Waals surface area contributed by atoms with E-state index in [0.29, 0.717) is 18.4 Å². The Morgan fingerprint density at radius 2 is 1.70 bits per heavy atom. The van der Waals surface area contributed by atoms with Gasteiger partial charge in [0.2, 0.25) is 0 Å². The monoisotopic (exact) mass is 326 g/mol. The summed E-state index contributed by atoms with van der Waals surface area (Å²) in [4.78, 5) is 23.3. The molecule has 4 heteroatoms. The Kier molecular flexibility index (Phi) is 9.27. The molecule has 0 aliphatic heterocycles. The van der Waals surface area contributed by atoms with Crippen molar-refractivity contribution in [2.75, 3.05) is 6.61 Å². The Morgan fingerprint density at radius 3 is 2.35 bits per heavy atom. The van der Waals surface area contributed by atoms with Gasteiger partial charge in [0, 0.05) is 0 Å². The van der Waals surface area contributed by atoms with Crippen molar-refractivity contribution in [2.45, 2.75) is 85.2 Å². The minimum Gasteiger partial charge on any atom is -0.466 e. The van der Waals surface area contributed by atoms with Gasteiger partial charge >= 0.3 is 11.9 Å². The first-order valence-corrected chi connectivity index (χ1v) is 9.29. The van der Waals surface area contributed by atoms with Crippen molar-refractivity contribution >= 4 is 11.9 Å². The van der Waals surface area contributed by atoms with Crippen LogP contribution in [-0.2, 0) is 19.1 Å². The van der Waals surface area contributed by atoms with Gasteiger partial charge < -0.3 is 9.47 Å². The zero-order chi connectivity index (χ0) is 17.2. The second-order valence-electron chi connectivity index (χ2n) is 7.18. The fraction of sp³-hybridized carbons (Fsp3) is 0.895. The predicted octanol–water partition coefficient (Wildman–Crippen LogP) is 4.50. The van der Waals surface area contributed by atoms with E-state index in [9.17, 15) is 9.59 Å². The molecule has 0 saturated heterocycles. The highest BCUT2D eigenvalue weighted by atomic mass is 16.5. The summed E-state index contributed by atoms with van der Waals surface area (Å²) < 4.78 is 10.4. The van der Waals surface area contributed by atoms with Crippen molar-refractivity contribution in [1.82, 2.24) is 0 Å². The molecule has 0 aromatic rings. The molecule has 3 unspecified atom stereocenters. The number of esters is 2. The molecule has 0 heterocycles. The van der Waals surface area contributed by atoms with Crippen LogP contribution < -0.4 is 0 Å². The summed E-state index contributed by atoms with van der Waals surface area (Å²) in [7, 11) is 0. The Hall–Kier alpha value is -1.06. The first-order chi connectivity index (χ1) is 10.9. The van der Waals surface area contributed by atoms with E-state index >= 15 is 0 Å². The molecule has 1 rings (SSSR count). The summed E-state index contributed by atoms with van der Waals surface area (Å²) in [5.41, 5.74) is 0. The van der Waals surface area contributed by atoms with Gasteiger partial charge in [-0.15, -0.1) is 0 Å². The fourth-order valence-electron chi connectivity index (χ4n) is 3.55. The Labute approximate surface area is 141 Å². The first kappa shape index (κ1) is 20.0. The minimum absolute atomic E-state index is 0.0536. The third-order valence-electron chi connectivity index (χ3n) is 4.84. The number of rotatable bonds is 9. The summed E-state index contributed by atoms with van der Waals surface area (Å²) in [6.45, 7) is 8.65. The van der Waals surface area contributed by atoms with Crippen LogP contribution in [0.2, 0.25) is 0 Å². The first-order valence-electron chi connectivity index (χ1n) is 9.29. The topological polar surface area (TPSA) is 52.6 Å². The van der Waals surface area contributed by atoms with Crippen LogP contribution >= 0.6 is 0 Å². The van der Waals surface area contributed by atoms with E-state index in [4.69, 9.17) is 9.47 Å². The number of hydrogen-bond donors (Lipinski definition) is 0. The molecule has 0 aromatic carbocycles. The van der Waals surface area contributed by atoms with Gasteiger partial charge in [0.15, 0.2) is 0 Å². The van der Waals surface area contributed by atoms with Crippen LogP contribution in [-0.4, -0.2) is 24.6 Å². The molecule has 1 aliphatic rings. The molecule has 23 heavy (non-hydrogen) atoms. The third-order valence-corrected chi connectivity index (χ3v) is 4.84. The van der Waals surface area contributed by atoms with Gasteiger partial charge in [0.1, 0.15) is 6.10 Å². The van der Waals surface area contributed by atoms with E-state index in [1.54, 1.807) is 6.92 Å². The van der Waals surface area contributed by atoms with Crippen molar-refractivity contribution in [3.63, 3.8) is 0 Å². The molecule has 1 saturated carbocycles. The molecule has 0 N–H and O–H groups in total. The van der Waals surface area contributed by atoms with Gasteiger partial charge in [-0.3, -0.25) is 9.59 Å². The molecular formula is C19H34O4. The molecule has 4 nitrogen and oxygen atoms in total. The summed E-state index contributed by atoms with van der Waals surface area (Å²) in [6, 6.07) is 0. The highest BCUT2D eigenvalue weighted by Crippen LogP contribution is 2.37. The van der Waals surface area contributed by atoms with Crippen molar-refractivity contribution in [3.05, 3.63) is 0 Å². The van der Waals surface area contributed by atoms with Gasteiger partial charge in [-0.1, -0.05) is 39.5 Å². The molecule has 0 bridgehead atoms. The fourth-order valence-corrected chi connectivity index (χ4v) is 3.55. The summed E-state index contributed by atoms with van der Waals surface area (Å²) >= 11 is 0. The second-order valence-corrected chi connectivity index (χ2v) is 7.18. The lowest BCUT2D eigenvalue weighted by Crippen LogP contribution is -2.32. The number of ether oxygens (including phenoxy) is 2. The van der Waals surface area contributed by atoms with Crippen LogP contribution in [0, 0.1) is 17.8 Å². The largest absolute Gasteiger partial charge is 0.466 e. The summed E-state index contributed by atoms with van der Waals surface area (Å²) in [5.74, 6) is 1.25. The maximum atomic E-state index is 11.9. The highest BCUT2D eigenvalue weighted by Gasteiger charge is 2.31. The Bertz CT molecular complexity index is 364. The summed E-state index contributed by atoms with van der Waals surface area (Å²) in [5, 5.41) is 0. The van der Waals surface area contributed by atoms with Crippen LogP contribution in [0.25, 0.3) is 0 Å². The maximum absolute atomic E-state index is 11.9. The maximum Gasteiger partial charge on any atom is 0.306 e. The zero-order valence-electron chi connectivity index (χ0n) is 15.3. The van der Waals surface area contributed by atoms with Crippen molar-refractivity contribution in [2.24, 2.45) is 17.8 Å². The standard InChI is InChI=1S/C19H34O4/c1-5-22-18(20)12-13-19(21)23-15(4)17-9-7-6-8-16(17)11-10-14(2)3/h14-17H,5-13H2,1-4H3. The number of carbonyl (C=O) groups is 2. The normalized spacial score (nSPS) is 22.7. The molecule has 0 aromatic heterocycles. The number of carbonyl (C=O) groups excluding carboxylic acids is 2.